The molecule has 12 heteroatoms. The van der Waals surface area contributed by atoms with Gasteiger partial charge in [0.25, 0.3) is 8.53 Å². The van der Waals surface area contributed by atoms with Crippen LogP contribution in [0.25, 0.3) is 0 Å². The molecule has 218 valence electrons. The Labute approximate surface area is 235 Å². The van der Waals surface area contributed by atoms with Gasteiger partial charge in [-0.2, -0.15) is 0 Å². The Balaban J connectivity index is 0.991. The van der Waals surface area contributed by atoms with Crippen LogP contribution in [0.1, 0.15) is 40.5 Å². The number of amides is 4. The average molecular weight is 576 g/mol. The van der Waals surface area contributed by atoms with Gasteiger partial charge in [-0.25, -0.2) is 4.67 Å². The van der Waals surface area contributed by atoms with Crippen LogP contribution in [0.5, 0.6) is 0 Å². The van der Waals surface area contributed by atoms with Crippen molar-refractivity contribution in [2.24, 2.45) is 23.7 Å². The lowest BCUT2D eigenvalue weighted by Crippen LogP contribution is -2.36. The summed E-state index contributed by atoms with van der Waals surface area (Å²) >= 11 is 0. The van der Waals surface area contributed by atoms with Gasteiger partial charge in [0.05, 0.1) is 61.3 Å². The van der Waals surface area contributed by atoms with Gasteiger partial charge >= 0.3 is 0 Å². The van der Waals surface area contributed by atoms with Crippen molar-refractivity contribution in [1.82, 2.24) is 14.5 Å². The fraction of sp³-hybridized carbons (Fsp3) is 0.714. The van der Waals surface area contributed by atoms with E-state index in [2.05, 4.69) is 32.4 Å². The zero-order valence-electron chi connectivity index (χ0n) is 23.4. The molecule has 0 saturated carbocycles. The van der Waals surface area contributed by atoms with E-state index in [1.807, 2.05) is 24.3 Å². The smallest absolute Gasteiger partial charge is 0.259 e. The summed E-state index contributed by atoms with van der Waals surface area (Å²) in [5, 5.41) is 0. The second kappa shape index (κ2) is 11.0. The van der Waals surface area contributed by atoms with Gasteiger partial charge in [0.15, 0.2) is 0 Å². The Morgan fingerprint density at radius 1 is 0.675 bits per heavy atom. The lowest BCUT2D eigenvalue weighted by Gasteiger charge is -2.35. The molecule has 0 N–H and O–H groups in total. The third-order valence-corrected chi connectivity index (χ3v) is 10.8. The molecule has 6 aliphatic heterocycles. The van der Waals surface area contributed by atoms with Crippen LogP contribution >= 0.6 is 8.53 Å². The van der Waals surface area contributed by atoms with Gasteiger partial charge < -0.3 is 18.5 Å². The highest BCUT2D eigenvalue weighted by molar-refractivity contribution is 7.44. The summed E-state index contributed by atoms with van der Waals surface area (Å²) in [6, 6.07) is 0.332. The van der Waals surface area contributed by atoms with Crippen molar-refractivity contribution in [3.05, 3.63) is 24.3 Å². The van der Waals surface area contributed by atoms with Crippen LogP contribution in [0.3, 0.4) is 0 Å². The second-order valence-electron chi connectivity index (χ2n) is 11.8. The monoisotopic (exact) mass is 575 g/mol. The van der Waals surface area contributed by atoms with E-state index in [1.165, 1.54) is 9.80 Å². The first kappa shape index (κ1) is 28.1. The van der Waals surface area contributed by atoms with E-state index in [0.29, 0.717) is 39.1 Å². The van der Waals surface area contributed by atoms with Crippen LogP contribution in [0.4, 0.5) is 0 Å². The van der Waals surface area contributed by atoms with E-state index in [-0.39, 0.29) is 60.1 Å². The molecule has 0 radical (unpaired) electrons. The van der Waals surface area contributed by atoms with Crippen LogP contribution in [0, 0.1) is 23.7 Å². The maximum atomic E-state index is 12.9. The zero-order valence-corrected chi connectivity index (χ0v) is 24.3. The van der Waals surface area contributed by atoms with E-state index >= 15 is 0 Å². The standard InChI is InChI=1S/C28H38N3O8P/c1-15(2)31(16(3)4)40(36-13-5-11-29-25(32)21-17-7-8-18(38-17)22(21)26(29)33)37-14-6-12-30-27(34)23-19-9-10-20(39-19)24(23)28(30)35/h7-10,15-24H,5-6,11-14H2,1-4H3. The van der Waals surface area contributed by atoms with Gasteiger partial charge in [-0.05, 0) is 40.5 Å². The molecule has 0 aromatic rings. The maximum absolute atomic E-state index is 12.9. The number of imide groups is 2. The van der Waals surface area contributed by atoms with Crippen LogP contribution in [-0.4, -0.2) is 101 Å². The molecule has 40 heavy (non-hydrogen) atoms. The Bertz CT molecular complexity index is 983. The van der Waals surface area contributed by atoms with Crippen molar-refractivity contribution in [2.75, 3.05) is 26.3 Å². The van der Waals surface area contributed by atoms with Gasteiger partial charge in [0, 0.05) is 25.2 Å². The fourth-order valence-corrected chi connectivity index (χ4v) is 8.71. The number of ether oxygens (including phenoxy) is 2. The SMILES string of the molecule is CC(C)N(C(C)C)P(OCCCN1C(=O)C2C3C=CC(O3)C2C1=O)OCCCN1C(=O)C2C3C=CC(O3)C2C1=O. The Hall–Kier alpha value is -2.01. The first-order valence-corrected chi connectivity index (χ1v) is 15.5. The molecule has 0 aromatic heterocycles. The van der Waals surface area contributed by atoms with Crippen molar-refractivity contribution >= 4 is 32.2 Å². The van der Waals surface area contributed by atoms with Crippen LogP contribution in [0.15, 0.2) is 24.3 Å². The van der Waals surface area contributed by atoms with Crippen LogP contribution in [0.2, 0.25) is 0 Å². The first-order chi connectivity index (χ1) is 19.2. The number of hydrogen-bond donors (Lipinski definition) is 0. The molecule has 4 amide bonds. The number of rotatable bonds is 13. The predicted molar refractivity (Wildman–Crippen MR) is 143 cm³/mol. The average Bonchev–Trinajstić information content (AvgIpc) is 3.74. The minimum atomic E-state index is -1.43. The summed E-state index contributed by atoms with van der Waals surface area (Å²) < 4.78 is 26.0. The lowest BCUT2D eigenvalue weighted by molar-refractivity contribution is -0.144. The van der Waals surface area contributed by atoms with Gasteiger partial charge in [-0.15, -0.1) is 0 Å². The molecule has 8 atom stereocenters. The summed E-state index contributed by atoms with van der Waals surface area (Å²) in [7, 11) is -1.43. The van der Waals surface area contributed by atoms with Gasteiger partial charge in [-0.3, -0.25) is 29.0 Å². The van der Waals surface area contributed by atoms with E-state index in [0.717, 1.165) is 0 Å². The third-order valence-electron chi connectivity index (χ3n) is 8.71. The topological polar surface area (TPSA) is 115 Å². The molecule has 8 unspecified atom stereocenters. The second-order valence-corrected chi connectivity index (χ2v) is 13.3. The van der Waals surface area contributed by atoms with E-state index in [1.54, 1.807) is 0 Å². The molecule has 0 spiro atoms. The molecule has 6 rings (SSSR count). The molecule has 6 heterocycles. The molecule has 4 saturated heterocycles. The minimum absolute atomic E-state index is 0.151. The third kappa shape index (κ3) is 4.59. The molecule has 0 aliphatic carbocycles. The summed E-state index contributed by atoms with van der Waals surface area (Å²) in [5.41, 5.74) is 0. The highest BCUT2D eigenvalue weighted by Crippen LogP contribution is 2.48. The lowest BCUT2D eigenvalue weighted by atomic mass is 9.85. The number of fused-ring (bicyclic) bond motifs is 10. The molecule has 4 fully saturated rings. The quantitative estimate of drug-likeness (QED) is 0.141. The summed E-state index contributed by atoms with van der Waals surface area (Å²) in [5.74, 6) is -2.18. The van der Waals surface area contributed by atoms with E-state index in [4.69, 9.17) is 18.5 Å². The largest absolute Gasteiger partial charge is 0.365 e. The van der Waals surface area contributed by atoms with E-state index in [9.17, 15) is 19.2 Å². The van der Waals surface area contributed by atoms with Gasteiger partial charge in [-0.1, -0.05) is 24.3 Å². The number of nitrogens with zero attached hydrogens (tertiary/aromatic N) is 3. The van der Waals surface area contributed by atoms with Crippen molar-refractivity contribution in [1.29, 1.82) is 0 Å². The fourth-order valence-electron chi connectivity index (χ4n) is 7.05. The molecule has 0 aromatic carbocycles. The highest BCUT2D eigenvalue weighted by Gasteiger charge is 2.61. The Morgan fingerprint density at radius 2 is 1.00 bits per heavy atom. The van der Waals surface area contributed by atoms with Crippen molar-refractivity contribution < 1.29 is 37.7 Å². The highest BCUT2D eigenvalue weighted by atomic mass is 31.2. The predicted octanol–water partition coefficient (Wildman–Crippen LogP) is 2.02. The number of carbonyl (C=O) groups excluding carboxylic acids is 4. The van der Waals surface area contributed by atoms with Gasteiger partial charge in [0.2, 0.25) is 23.6 Å². The molecule has 11 nitrogen and oxygen atoms in total. The van der Waals surface area contributed by atoms with Crippen LogP contribution < -0.4 is 0 Å². The minimum Gasteiger partial charge on any atom is -0.365 e. The number of hydrogen-bond acceptors (Lipinski definition) is 9. The first-order valence-electron chi connectivity index (χ1n) is 14.4. The Kier molecular flexibility index (Phi) is 7.74. The number of likely N-dealkylation sites (tertiary alicyclic amines) is 2. The van der Waals surface area contributed by atoms with E-state index < -0.39 is 32.2 Å². The molecular weight excluding hydrogens is 537 g/mol. The van der Waals surface area contributed by atoms with Gasteiger partial charge in [0.1, 0.15) is 0 Å². The molecule has 6 aliphatic rings. The summed E-state index contributed by atoms with van der Waals surface area (Å²) in [6.45, 7) is 9.59. The van der Waals surface area contributed by atoms with Crippen molar-refractivity contribution in [3.63, 3.8) is 0 Å². The summed E-state index contributed by atoms with van der Waals surface area (Å²) in [4.78, 5) is 54.3. The normalized spacial score (nSPS) is 36.1. The zero-order chi connectivity index (χ0) is 28.3. The maximum Gasteiger partial charge on any atom is 0.259 e. The van der Waals surface area contributed by atoms with Crippen LogP contribution in [-0.2, 0) is 37.7 Å². The van der Waals surface area contributed by atoms with Crippen molar-refractivity contribution in [2.45, 2.75) is 77.0 Å². The Morgan fingerprint density at radius 3 is 1.30 bits per heavy atom. The van der Waals surface area contributed by atoms with Crippen molar-refractivity contribution in [3.8, 4) is 0 Å². The number of carbonyl (C=O) groups is 4. The molecular formula is C28H38N3O8P. The summed E-state index contributed by atoms with van der Waals surface area (Å²) in [6.07, 6.45) is 7.41. The molecule has 4 bridgehead atoms.